The van der Waals surface area contributed by atoms with Crippen molar-refractivity contribution in [3.63, 3.8) is 0 Å². The quantitative estimate of drug-likeness (QED) is 0.549. The van der Waals surface area contributed by atoms with E-state index in [1.807, 2.05) is 0 Å². The Balaban J connectivity index is 0. The molecule has 0 amide bonds. The summed E-state index contributed by atoms with van der Waals surface area (Å²) in [4.78, 5) is 9.60. The third kappa shape index (κ3) is 9.62. The molecule has 0 aromatic rings. The van der Waals surface area contributed by atoms with Crippen molar-refractivity contribution < 1.29 is 46.5 Å². The van der Waals surface area contributed by atoms with Crippen molar-refractivity contribution in [2.45, 2.75) is 31.8 Å². The summed E-state index contributed by atoms with van der Waals surface area (Å²) < 4.78 is 70.8. The van der Waals surface area contributed by atoms with Gasteiger partial charge < -0.3 is 15.3 Å². The third-order valence-electron chi connectivity index (χ3n) is 1.87. The highest BCUT2D eigenvalue weighted by Crippen LogP contribution is 2.41. The van der Waals surface area contributed by atoms with Gasteiger partial charge in [-0.3, -0.25) is 0 Å². The van der Waals surface area contributed by atoms with Crippen LogP contribution in [-0.2, 0) is 4.79 Å². The van der Waals surface area contributed by atoms with E-state index in [4.69, 9.17) is 15.3 Å². The van der Waals surface area contributed by atoms with Crippen molar-refractivity contribution >= 4 is 5.97 Å². The summed E-state index contributed by atoms with van der Waals surface area (Å²) in [6, 6.07) is 0. The van der Waals surface area contributed by atoms with Crippen molar-refractivity contribution in [1.29, 1.82) is 0 Å². The van der Waals surface area contributed by atoms with E-state index < -0.39 is 43.4 Å². The topological polar surface area (TPSA) is 77.8 Å². The molecule has 0 bridgehead atoms. The van der Waals surface area contributed by atoms with Crippen LogP contribution in [0.3, 0.4) is 0 Å². The molecular weight excluding hydrogens is 298 g/mol. The van der Waals surface area contributed by atoms with E-state index in [9.17, 15) is 31.1 Å². The van der Waals surface area contributed by atoms with Gasteiger partial charge in [0.15, 0.2) is 5.92 Å². The molecule has 3 N–H and O–H groups in total. The molecular formula is C10H14F6O4. The Morgan fingerprint density at radius 1 is 1.15 bits per heavy atom. The second kappa shape index (κ2) is 8.10. The number of rotatable bonds is 4. The summed E-state index contributed by atoms with van der Waals surface area (Å²) in [5.41, 5.74) is 0.176. The Labute approximate surface area is 110 Å². The maximum atomic E-state index is 11.8. The Morgan fingerprint density at radius 3 is 1.60 bits per heavy atom. The molecule has 1 atom stereocenters. The predicted molar refractivity (Wildman–Crippen MR) is 55.8 cm³/mol. The van der Waals surface area contributed by atoms with Gasteiger partial charge in [0.1, 0.15) is 0 Å². The summed E-state index contributed by atoms with van der Waals surface area (Å²) in [6.07, 6.45) is -14.5. The number of carboxylic acid groups (broad SMARTS) is 1. The number of hydrogen-bond donors (Lipinski definition) is 3. The van der Waals surface area contributed by atoms with E-state index in [0.717, 1.165) is 0 Å². The lowest BCUT2D eigenvalue weighted by Crippen LogP contribution is -2.39. The third-order valence-corrected chi connectivity index (χ3v) is 1.87. The molecule has 0 aliphatic carbocycles. The molecule has 0 aromatic heterocycles. The molecule has 0 heterocycles. The Kier molecular flexibility index (Phi) is 8.51. The molecule has 1 unspecified atom stereocenters. The van der Waals surface area contributed by atoms with E-state index in [0.29, 0.717) is 0 Å². The number of aliphatic carboxylic acids is 1. The highest BCUT2D eigenvalue weighted by atomic mass is 19.4. The molecule has 0 rings (SSSR count). The van der Waals surface area contributed by atoms with Gasteiger partial charge >= 0.3 is 18.3 Å². The molecule has 0 spiro atoms. The average molecular weight is 312 g/mol. The number of aliphatic hydroxyl groups excluding tert-OH is 2. The molecule has 4 nitrogen and oxygen atoms in total. The van der Waals surface area contributed by atoms with Gasteiger partial charge in [0.05, 0.1) is 12.7 Å². The largest absolute Gasteiger partial charge is 0.478 e. The number of carbonyl (C=O) groups is 1. The maximum Gasteiger partial charge on any atom is 0.400 e. The molecule has 0 aromatic carbocycles. The minimum atomic E-state index is -5.46. The monoisotopic (exact) mass is 312 g/mol. The highest BCUT2D eigenvalue weighted by molar-refractivity contribution is 5.84. The molecule has 20 heavy (non-hydrogen) atoms. The standard InChI is InChI=1S/C6H8F6O2.C4H6O2/c7-5(8,9)4(6(10,11)12)1-3(14)2-13;1-3(2)4(5)6/h3-4,13-14H,1-2H2;1H2,2H3,(H,5,6). The van der Waals surface area contributed by atoms with Crippen LogP contribution in [0.4, 0.5) is 26.3 Å². The van der Waals surface area contributed by atoms with Gasteiger partial charge in [-0.15, -0.1) is 0 Å². The van der Waals surface area contributed by atoms with Crippen LogP contribution in [0.1, 0.15) is 13.3 Å². The molecule has 0 aliphatic rings. The van der Waals surface area contributed by atoms with Crippen molar-refractivity contribution in [1.82, 2.24) is 0 Å². The van der Waals surface area contributed by atoms with Crippen molar-refractivity contribution in [2.24, 2.45) is 5.92 Å². The van der Waals surface area contributed by atoms with Crippen LogP contribution in [0.25, 0.3) is 0 Å². The lowest BCUT2D eigenvalue weighted by Gasteiger charge is -2.24. The Bertz CT molecular complexity index is 297. The first-order chi connectivity index (χ1) is 8.73. The zero-order chi connectivity index (χ0) is 16.7. The van der Waals surface area contributed by atoms with E-state index in [1.54, 1.807) is 0 Å². The van der Waals surface area contributed by atoms with Crippen LogP contribution in [0.5, 0.6) is 0 Å². The van der Waals surface area contributed by atoms with Gasteiger partial charge in [-0.1, -0.05) is 6.58 Å². The first-order valence-electron chi connectivity index (χ1n) is 5.04. The Hall–Kier alpha value is -1.29. The SMILES string of the molecule is C=C(C)C(=O)O.OCC(O)CC(C(F)(F)F)C(F)(F)F. The average Bonchev–Trinajstić information content (AvgIpc) is 2.22. The number of halogens is 6. The first kappa shape index (κ1) is 21.0. The lowest BCUT2D eigenvalue weighted by molar-refractivity contribution is -0.290. The molecule has 10 heteroatoms. The van der Waals surface area contributed by atoms with Gasteiger partial charge in [-0.05, 0) is 13.3 Å². The van der Waals surface area contributed by atoms with E-state index >= 15 is 0 Å². The Morgan fingerprint density at radius 2 is 1.45 bits per heavy atom. The molecule has 0 fully saturated rings. The normalized spacial score (nSPS) is 13.5. The second-order valence-electron chi connectivity index (χ2n) is 3.79. The fraction of sp³-hybridized carbons (Fsp3) is 0.700. The first-order valence-corrected chi connectivity index (χ1v) is 5.04. The van der Waals surface area contributed by atoms with E-state index in [-0.39, 0.29) is 5.57 Å². The summed E-state index contributed by atoms with van der Waals surface area (Å²) in [6.45, 7) is 3.47. The van der Waals surface area contributed by atoms with Crippen LogP contribution in [0.2, 0.25) is 0 Å². The zero-order valence-corrected chi connectivity index (χ0v) is 10.3. The van der Waals surface area contributed by atoms with Crippen molar-refractivity contribution in [3.05, 3.63) is 12.2 Å². The van der Waals surface area contributed by atoms with Gasteiger partial charge in [0.25, 0.3) is 0 Å². The summed E-state index contributed by atoms with van der Waals surface area (Å²) >= 11 is 0. The van der Waals surface area contributed by atoms with E-state index in [2.05, 4.69) is 6.58 Å². The number of alkyl halides is 6. The summed E-state index contributed by atoms with van der Waals surface area (Å²) in [5.74, 6) is -4.54. The molecule has 0 aliphatic heterocycles. The maximum absolute atomic E-state index is 11.8. The molecule has 120 valence electrons. The predicted octanol–water partition coefficient (Wildman–Crippen LogP) is 2.12. The van der Waals surface area contributed by atoms with Gasteiger partial charge in [-0.2, -0.15) is 26.3 Å². The molecule has 0 radical (unpaired) electrons. The smallest absolute Gasteiger partial charge is 0.400 e. The highest BCUT2D eigenvalue weighted by Gasteiger charge is 2.56. The number of carboxylic acids is 1. The fourth-order valence-corrected chi connectivity index (χ4v) is 0.799. The van der Waals surface area contributed by atoms with Crippen molar-refractivity contribution in [3.8, 4) is 0 Å². The van der Waals surface area contributed by atoms with Crippen LogP contribution >= 0.6 is 0 Å². The minimum Gasteiger partial charge on any atom is -0.478 e. The van der Waals surface area contributed by atoms with Crippen LogP contribution in [0.15, 0.2) is 12.2 Å². The molecule has 0 saturated carbocycles. The van der Waals surface area contributed by atoms with Crippen LogP contribution in [0, 0.1) is 5.92 Å². The van der Waals surface area contributed by atoms with Crippen LogP contribution in [-0.4, -0.2) is 46.4 Å². The summed E-state index contributed by atoms with van der Waals surface area (Å²) in [7, 11) is 0. The van der Waals surface area contributed by atoms with Gasteiger partial charge in [0, 0.05) is 5.57 Å². The number of aliphatic hydroxyl groups is 2. The van der Waals surface area contributed by atoms with Gasteiger partial charge in [0.2, 0.25) is 0 Å². The van der Waals surface area contributed by atoms with Crippen molar-refractivity contribution in [2.75, 3.05) is 6.61 Å². The van der Waals surface area contributed by atoms with E-state index in [1.165, 1.54) is 6.92 Å². The lowest BCUT2D eigenvalue weighted by atomic mass is 10.0. The number of hydrogen-bond acceptors (Lipinski definition) is 3. The minimum absolute atomic E-state index is 0.176. The van der Waals surface area contributed by atoms with Gasteiger partial charge in [-0.25, -0.2) is 4.79 Å². The van der Waals surface area contributed by atoms with Crippen LogP contribution < -0.4 is 0 Å². The zero-order valence-electron chi connectivity index (χ0n) is 10.3. The molecule has 0 saturated heterocycles. The second-order valence-corrected chi connectivity index (χ2v) is 3.79. The summed E-state index contributed by atoms with van der Waals surface area (Å²) in [5, 5.41) is 24.5. The fourth-order valence-electron chi connectivity index (χ4n) is 0.799.